The Bertz CT molecular complexity index is 569. The van der Waals surface area contributed by atoms with E-state index in [0.29, 0.717) is 12.4 Å². The van der Waals surface area contributed by atoms with E-state index in [0.717, 1.165) is 11.1 Å². The minimum Gasteiger partial charge on any atom is -0.326 e. The molecule has 0 radical (unpaired) electrons. The van der Waals surface area contributed by atoms with E-state index in [4.69, 9.17) is 5.73 Å². The van der Waals surface area contributed by atoms with Crippen molar-refractivity contribution in [3.05, 3.63) is 59.5 Å². The second kappa shape index (κ2) is 6.06. The zero-order valence-electron chi connectivity index (χ0n) is 10.3. The van der Waals surface area contributed by atoms with Gasteiger partial charge in [-0.15, -0.1) is 0 Å². The summed E-state index contributed by atoms with van der Waals surface area (Å²) in [5.74, 6) is -0.0511. The van der Waals surface area contributed by atoms with Crippen molar-refractivity contribution in [3.63, 3.8) is 0 Å². The molecule has 19 heavy (non-hydrogen) atoms. The molecule has 98 valence electrons. The second-order valence-electron chi connectivity index (χ2n) is 4.10. The van der Waals surface area contributed by atoms with Crippen molar-refractivity contribution in [2.24, 2.45) is 5.73 Å². The Morgan fingerprint density at radius 2 is 1.95 bits per heavy atom. The summed E-state index contributed by atoms with van der Waals surface area (Å²) in [5, 5.41) is 2.68. The molecule has 0 aliphatic heterocycles. The average molecular weight is 259 g/mol. The van der Waals surface area contributed by atoms with E-state index in [9.17, 15) is 9.18 Å². The van der Waals surface area contributed by atoms with E-state index in [2.05, 4.69) is 10.3 Å². The molecule has 0 aliphatic rings. The highest BCUT2D eigenvalue weighted by atomic mass is 19.1. The summed E-state index contributed by atoms with van der Waals surface area (Å²) in [5.41, 5.74) is 7.15. The van der Waals surface area contributed by atoms with Crippen LogP contribution in [0.2, 0.25) is 0 Å². The number of amides is 1. The maximum absolute atomic E-state index is 12.7. The standard InChI is InChI=1S/C14H14FN3O/c15-12-3-1-10(2-4-12)8-14(19)18-13-7-11(9-16)5-6-17-13/h1-7H,8-9,16H2,(H,17,18,19). The predicted octanol–water partition coefficient (Wildman–Crippen LogP) is 1.86. The monoisotopic (exact) mass is 259 g/mol. The van der Waals surface area contributed by atoms with Crippen LogP contribution in [0.25, 0.3) is 0 Å². The van der Waals surface area contributed by atoms with Gasteiger partial charge in [-0.25, -0.2) is 9.37 Å². The molecular formula is C14H14FN3O. The first-order valence-corrected chi connectivity index (χ1v) is 5.86. The van der Waals surface area contributed by atoms with E-state index in [1.165, 1.54) is 12.1 Å². The first kappa shape index (κ1) is 13.2. The first-order chi connectivity index (χ1) is 9.17. The smallest absolute Gasteiger partial charge is 0.229 e. The third-order valence-corrected chi connectivity index (χ3v) is 2.61. The van der Waals surface area contributed by atoms with E-state index < -0.39 is 0 Å². The summed E-state index contributed by atoms with van der Waals surface area (Å²) < 4.78 is 12.7. The van der Waals surface area contributed by atoms with Gasteiger partial charge in [0.15, 0.2) is 0 Å². The van der Waals surface area contributed by atoms with Gasteiger partial charge in [-0.3, -0.25) is 4.79 Å². The summed E-state index contributed by atoms with van der Waals surface area (Å²) in [6, 6.07) is 9.33. The number of halogens is 1. The summed E-state index contributed by atoms with van der Waals surface area (Å²) in [4.78, 5) is 15.8. The highest BCUT2D eigenvalue weighted by Gasteiger charge is 2.05. The molecule has 0 bridgehead atoms. The number of aromatic nitrogens is 1. The van der Waals surface area contributed by atoms with Gasteiger partial charge in [-0.2, -0.15) is 0 Å². The fourth-order valence-corrected chi connectivity index (χ4v) is 1.64. The Hall–Kier alpha value is -2.27. The molecule has 1 aromatic heterocycles. The molecule has 1 amide bonds. The lowest BCUT2D eigenvalue weighted by atomic mass is 10.1. The van der Waals surface area contributed by atoms with Crippen LogP contribution in [0.3, 0.4) is 0 Å². The molecule has 0 fully saturated rings. The van der Waals surface area contributed by atoms with E-state index in [-0.39, 0.29) is 18.1 Å². The number of nitrogens with two attached hydrogens (primary N) is 1. The number of hydrogen-bond acceptors (Lipinski definition) is 3. The molecule has 0 saturated heterocycles. The minimum atomic E-state index is -0.318. The average Bonchev–Trinajstić information content (AvgIpc) is 2.41. The van der Waals surface area contributed by atoms with E-state index >= 15 is 0 Å². The number of nitrogens with zero attached hydrogens (tertiary/aromatic N) is 1. The van der Waals surface area contributed by atoms with Crippen LogP contribution in [0.5, 0.6) is 0 Å². The van der Waals surface area contributed by atoms with Crippen molar-refractivity contribution in [2.75, 3.05) is 5.32 Å². The molecule has 5 heteroatoms. The zero-order valence-corrected chi connectivity index (χ0v) is 10.3. The first-order valence-electron chi connectivity index (χ1n) is 5.86. The topological polar surface area (TPSA) is 68.0 Å². The minimum absolute atomic E-state index is 0.175. The Balaban J connectivity index is 1.99. The predicted molar refractivity (Wildman–Crippen MR) is 70.9 cm³/mol. The van der Waals surface area contributed by atoms with Crippen LogP contribution in [-0.2, 0) is 17.8 Å². The number of hydrogen-bond donors (Lipinski definition) is 2. The molecule has 1 aromatic carbocycles. The normalized spacial score (nSPS) is 10.2. The van der Waals surface area contributed by atoms with Crippen LogP contribution in [0.4, 0.5) is 10.2 Å². The molecule has 0 saturated carbocycles. The van der Waals surface area contributed by atoms with Gasteiger partial charge < -0.3 is 11.1 Å². The third-order valence-electron chi connectivity index (χ3n) is 2.61. The third kappa shape index (κ3) is 3.86. The molecule has 0 atom stereocenters. The van der Waals surface area contributed by atoms with Crippen LogP contribution >= 0.6 is 0 Å². The van der Waals surface area contributed by atoms with Crippen molar-refractivity contribution in [1.82, 2.24) is 4.98 Å². The summed E-state index contributed by atoms with van der Waals surface area (Å²) in [7, 11) is 0. The number of carbonyl (C=O) groups is 1. The van der Waals surface area contributed by atoms with Gasteiger partial charge in [0.1, 0.15) is 11.6 Å². The second-order valence-corrected chi connectivity index (χ2v) is 4.10. The van der Waals surface area contributed by atoms with Crippen molar-refractivity contribution in [3.8, 4) is 0 Å². The molecule has 4 nitrogen and oxygen atoms in total. The lowest BCUT2D eigenvalue weighted by Crippen LogP contribution is -2.15. The number of pyridine rings is 1. The summed E-state index contributed by atoms with van der Waals surface area (Å²) in [6.07, 6.45) is 1.77. The van der Waals surface area contributed by atoms with Crippen LogP contribution in [-0.4, -0.2) is 10.9 Å². The van der Waals surface area contributed by atoms with Gasteiger partial charge in [0.25, 0.3) is 0 Å². The lowest BCUT2D eigenvalue weighted by molar-refractivity contribution is -0.115. The number of benzene rings is 1. The molecule has 0 aliphatic carbocycles. The highest BCUT2D eigenvalue weighted by Crippen LogP contribution is 2.08. The van der Waals surface area contributed by atoms with Gasteiger partial charge in [0.05, 0.1) is 6.42 Å². The largest absolute Gasteiger partial charge is 0.326 e. The summed E-state index contributed by atoms with van der Waals surface area (Å²) >= 11 is 0. The fraction of sp³-hybridized carbons (Fsp3) is 0.143. The van der Waals surface area contributed by atoms with Crippen molar-refractivity contribution in [1.29, 1.82) is 0 Å². The zero-order chi connectivity index (χ0) is 13.7. The van der Waals surface area contributed by atoms with Crippen LogP contribution in [0.15, 0.2) is 42.6 Å². The van der Waals surface area contributed by atoms with Crippen molar-refractivity contribution >= 4 is 11.7 Å². The lowest BCUT2D eigenvalue weighted by Gasteiger charge is -2.05. The Morgan fingerprint density at radius 1 is 1.21 bits per heavy atom. The number of anilines is 1. The molecule has 0 unspecified atom stereocenters. The summed E-state index contributed by atoms with van der Waals surface area (Å²) in [6.45, 7) is 0.392. The molecule has 1 heterocycles. The quantitative estimate of drug-likeness (QED) is 0.880. The highest BCUT2D eigenvalue weighted by molar-refractivity contribution is 5.91. The van der Waals surface area contributed by atoms with Crippen molar-refractivity contribution < 1.29 is 9.18 Å². The molecular weight excluding hydrogens is 245 g/mol. The molecule has 0 spiro atoms. The Morgan fingerprint density at radius 3 is 2.63 bits per heavy atom. The van der Waals surface area contributed by atoms with E-state index in [1.807, 2.05) is 0 Å². The maximum atomic E-state index is 12.7. The number of nitrogens with one attached hydrogen (secondary N) is 1. The fourth-order valence-electron chi connectivity index (χ4n) is 1.64. The van der Waals surface area contributed by atoms with Gasteiger partial charge in [0.2, 0.25) is 5.91 Å². The van der Waals surface area contributed by atoms with Crippen LogP contribution < -0.4 is 11.1 Å². The van der Waals surface area contributed by atoms with Crippen molar-refractivity contribution in [2.45, 2.75) is 13.0 Å². The molecule has 2 rings (SSSR count). The molecule has 2 aromatic rings. The molecule has 3 N–H and O–H groups in total. The van der Waals surface area contributed by atoms with Crippen LogP contribution in [0, 0.1) is 5.82 Å². The van der Waals surface area contributed by atoms with E-state index in [1.54, 1.807) is 30.5 Å². The SMILES string of the molecule is NCc1ccnc(NC(=O)Cc2ccc(F)cc2)c1. The van der Waals surface area contributed by atoms with Gasteiger partial charge in [-0.1, -0.05) is 12.1 Å². The van der Waals surface area contributed by atoms with Crippen LogP contribution in [0.1, 0.15) is 11.1 Å². The maximum Gasteiger partial charge on any atom is 0.229 e. The Kier molecular flexibility index (Phi) is 4.20. The van der Waals surface area contributed by atoms with Gasteiger partial charge in [0, 0.05) is 12.7 Å². The van der Waals surface area contributed by atoms with Gasteiger partial charge in [-0.05, 0) is 35.4 Å². The number of carbonyl (C=O) groups excluding carboxylic acids is 1. The Labute approximate surface area is 110 Å². The number of rotatable bonds is 4. The van der Waals surface area contributed by atoms with Gasteiger partial charge >= 0.3 is 0 Å².